The Hall–Kier alpha value is -5.33. The molecule has 3 aromatic carbocycles. The summed E-state index contributed by atoms with van der Waals surface area (Å²) in [5.74, 6) is 4.90. The van der Waals surface area contributed by atoms with E-state index in [1.807, 2.05) is 35.5 Å². The Bertz CT molecular complexity index is 3150. The van der Waals surface area contributed by atoms with E-state index in [2.05, 4.69) is 64.9 Å². The number of ether oxygens (including phenoxy) is 5. The van der Waals surface area contributed by atoms with Gasteiger partial charge in [-0.2, -0.15) is 0 Å². The summed E-state index contributed by atoms with van der Waals surface area (Å²) in [4.78, 5) is 66.3. The van der Waals surface area contributed by atoms with Gasteiger partial charge in [-0.05, 0) is 253 Å². The second kappa shape index (κ2) is 26.7. The third-order valence-electron chi connectivity index (χ3n) is 24.8. The molecule has 4 amide bonds. The molecular weight excluding hydrogens is 1160 g/mol. The molecular formula is C75H106FN7O9. The summed E-state index contributed by atoms with van der Waals surface area (Å²) in [5, 5.41) is 0. The SMILES string of the molecule is CC(=O)N1CC2(CCN(CC3CC4CCC3C4)CC2)c2cc(C)ccc21.COCCOC(=O)N1CC2(CCN(C3CC4CCC(C3)N4C(=O)OCCOC)CC2)c2cc(F)ccc21.Cc1ccc2c(c1)C1(CCN(C3CC4CCC3C4)CC1)CN2C(=O)OC(C)(C)C. The average molecular weight is 1270 g/mol. The van der Waals surface area contributed by atoms with Crippen LogP contribution in [0.15, 0.2) is 54.6 Å². The maximum atomic E-state index is 14.3. The van der Waals surface area contributed by atoms with Gasteiger partial charge < -0.3 is 48.2 Å². The standard InChI is InChI=1S/C27H38FN3O6.C25H36N2O2.C23H32N2O/c1-34-11-13-36-25(32)30-18-27(23-15-19(28)3-6-24(23)30)7-9-29(10-8-27)22-16-20-4-5-21(17-22)31(20)26(33)37-14-12-35-2;1-17-5-8-21-20(13-17)25(16-27(21)23(28)29-24(2,3)4)9-11-26(12-10-25)22-15-18-6-7-19(22)14-18;1-16-3-6-22-21(11-16)23(15-25(22)17(2)26)7-9-24(10-8-23)14-20-13-18-4-5-19(20)12-18/h3,6,15,20-22H,4-5,7-14,16-18H2,1-2H3;5,8,13,18-19,22H,6-7,9-12,14-16H2,1-4H3;3,6,11,18-20H,4-5,7-10,12-15H2,1-2H3. The molecule has 5 saturated heterocycles. The second-order valence-electron chi connectivity index (χ2n) is 31.5. The van der Waals surface area contributed by atoms with Crippen LogP contribution in [0, 0.1) is 49.3 Å². The maximum Gasteiger partial charge on any atom is 0.414 e. The summed E-state index contributed by atoms with van der Waals surface area (Å²) < 4.78 is 40.9. The fourth-order valence-electron chi connectivity index (χ4n) is 20.1. The minimum atomic E-state index is -0.469. The van der Waals surface area contributed by atoms with Gasteiger partial charge >= 0.3 is 18.3 Å². The van der Waals surface area contributed by atoms with Crippen LogP contribution < -0.4 is 14.7 Å². The number of rotatable bonds is 10. The van der Waals surface area contributed by atoms with E-state index in [1.165, 1.54) is 131 Å². The first-order chi connectivity index (χ1) is 44.2. The summed E-state index contributed by atoms with van der Waals surface area (Å²) in [5.41, 5.74) is 8.83. The molecule has 502 valence electrons. The molecule has 92 heavy (non-hydrogen) atoms. The zero-order valence-corrected chi connectivity index (χ0v) is 56.7. The molecule has 16 nitrogen and oxygen atoms in total. The minimum Gasteiger partial charge on any atom is -0.447 e. The van der Waals surface area contributed by atoms with Crippen molar-refractivity contribution in [1.82, 2.24) is 19.6 Å². The zero-order chi connectivity index (χ0) is 64.3. The lowest BCUT2D eigenvalue weighted by Gasteiger charge is -2.47. The second-order valence-corrected chi connectivity index (χ2v) is 31.5. The van der Waals surface area contributed by atoms with Crippen LogP contribution in [-0.2, 0) is 44.7 Å². The molecule has 3 spiro atoms. The number of halogens is 1. The van der Waals surface area contributed by atoms with Crippen LogP contribution in [0.2, 0.25) is 0 Å². The van der Waals surface area contributed by atoms with Gasteiger partial charge in [0, 0.05) is 93.4 Å². The molecule has 0 N–H and O–H groups in total. The monoisotopic (exact) mass is 1270 g/mol. The number of hydrogen-bond donors (Lipinski definition) is 0. The molecule has 8 unspecified atom stereocenters. The molecule has 15 rings (SSSR count). The molecule has 12 aliphatic rings. The van der Waals surface area contributed by atoms with E-state index in [4.69, 9.17) is 23.7 Å². The number of carbonyl (C=O) groups excluding carboxylic acids is 4. The van der Waals surface area contributed by atoms with E-state index in [0.29, 0.717) is 25.8 Å². The maximum absolute atomic E-state index is 14.3. The van der Waals surface area contributed by atoms with E-state index < -0.39 is 11.7 Å². The van der Waals surface area contributed by atoms with Crippen molar-refractivity contribution in [3.8, 4) is 0 Å². The lowest BCUT2D eigenvalue weighted by atomic mass is 9.73. The third kappa shape index (κ3) is 13.1. The molecule has 8 aliphatic heterocycles. The molecule has 0 aromatic heterocycles. The van der Waals surface area contributed by atoms with Gasteiger partial charge in [0.1, 0.15) is 24.6 Å². The van der Waals surface area contributed by atoms with Crippen LogP contribution in [0.4, 0.5) is 35.8 Å². The molecule has 0 radical (unpaired) electrons. The first kappa shape index (κ1) is 65.3. The number of piperidine rings is 4. The molecule has 6 bridgehead atoms. The van der Waals surface area contributed by atoms with E-state index in [-0.39, 0.29) is 65.5 Å². The first-order valence-corrected chi connectivity index (χ1v) is 35.6. The van der Waals surface area contributed by atoms with E-state index in [0.717, 1.165) is 130 Å². The Balaban J connectivity index is 0.000000128. The summed E-state index contributed by atoms with van der Waals surface area (Å²) in [6.45, 7) is 23.1. The molecule has 17 heteroatoms. The van der Waals surface area contributed by atoms with Crippen LogP contribution in [0.25, 0.3) is 0 Å². The molecule has 9 fully saturated rings. The summed E-state index contributed by atoms with van der Waals surface area (Å²) in [7, 11) is 3.16. The lowest BCUT2D eigenvalue weighted by Crippen LogP contribution is -2.55. The van der Waals surface area contributed by atoms with Gasteiger partial charge in [-0.3, -0.25) is 14.6 Å². The van der Waals surface area contributed by atoms with Gasteiger partial charge in [0.2, 0.25) is 5.91 Å². The molecule has 4 saturated carbocycles. The Kier molecular flexibility index (Phi) is 19.0. The number of likely N-dealkylation sites (tertiary alicyclic amines) is 3. The number of nitrogens with zero attached hydrogens (tertiary/aromatic N) is 7. The highest BCUT2D eigenvalue weighted by molar-refractivity contribution is 5.95. The number of hydrogen-bond acceptors (Lipinski definition) is 12. The normalized spacial score (nSPS) is 29.5. The smallest absolute Gasteiger partial charge is 0.414 e. The highest BCUT2D eigenvalue weighted by Gasteiger charge is 2.53. The lowest BCUT2D eigenvalue weighted by molar-refractivity contribution is -0.116. The number of aryl methyl sites for hydroxylation is 2. The number of amides is 4. The van der Waals surface area contributed by atoms with E-state index >= 15 is 0 Å². The molecule has 3 aromatic rings. The Morgan fingerprint density at radius 1 is 0.522 bits per heavy atom. The van der Waals surface area contributed by atoms with Gasteiger partial charge in [-0.25, -0.2) is 18.8 Å². The average Bonchev–Trinajstić information content (AvgIpc) is 1.53. The Morgan fingerprint density at radius 3 is 1.52 bits per heavy atom. The number of fused-ring (bicyclic) bond motifs is 12. The predicted molar refractivity (Wildman–Crippen MR) is 356 cm³/mol. The Labute approximate surface area is 547 Å². The van der Waals surface area contributed by atoms with Crippen molar-refractivity contribution in [3.05, 3.63) is 88.2 Å². The van der Waals surface area contributed by atoms with Crippen molar-refractivity contribution in [2.75, 3.05) is 121 Å². The van der Waals surface area contributed by atoms with Crippen molar-refractivity contribution >= 4 is 41.2 Å². The molecule has 4 aliphatic carbocycles. The van der Waals surface area contributed by atoms with Crippen molar-refractivity contribution < 1.29 is 47.3 Å². The number of benzene rings is 3. The first-order valence-electron chi connectivity index (χ1n) is 35.6. The van der Waals surface area contributed by atoms with Crippen LogP contribution >= 0.6 is 0 Å². The van der Waals surface area contributed by atoms with Crippen molar-refractivity contribution in [2.24, 2.45) is 29.6 Å². The number of anilines is 3. The minimum absolute atomic E-state index is 0.0897. The third-order valence-corrected chi connectivity index (χ3v) is 24.8. The van der Waals surface area contributed by atoms with E-state index in [1.54, 1.807) is 38.2 Å². The van der Waals surface area contributed by atoms with Crippen molar-refractivity contribution in [1.29, 1.82) is 0 Å². The summed E-state index contributed by atoms with van der Waals surface area (Å²) in [6, 6.07) is 19.6. The van der Waals surface area contributed by atoms with Crippen molar-refractivity contribution in [2.45, 2.75) is 203 Å². The Morgan fingerprint density at radius 2 is 1.01 bits per heavy atom. The summed E-state index contributed by atoms with van der Waals surface area (Å²) in [6.07, 6.45) is 21.3. The molecule has 8 atom stereocenters. The quantitative estimate of drug-likeness (QED) is 0.141. The van der Waals surface area contributed by atoms with Gasteiger partial charge in [-0.1, -0.05) is 48.2 Å². The van der Waals surface area contributed by atoms with Crippen LogP contribution in [0.3, 0.4) is 0 Å². The molecule has 8 heterocycles. The van der Waals surface area contributed by atoms with Crippen LogP contribution in [0.5, 0.6) is 0 Å². The van der Waals surface area contributed by atoms with Gasteiger partial charge in [0.25, 0.3) is 0 Å². The van der Waals surface area contributed by atoms with Gasteiger partial charge in [0.15, 0.2) is 0 Å². The van der Waals surface area contributed by atoms with E-state index in [9.17, 15) is 23.6 Å². The van der Waals surface area contributed by atoms with Crippen molar-refractivity contribution in [3.63, 3.8) is 0 Å². The fourth-order valence-corrected chi connectivity index (χ4v) is 20.1. The predicted octanol–water partition coefficient (Wildman–Crippen LogP) is 12.9. The van der Waals surface area contributed by atoms with Crippen LogP contribution in [-0.4, -0.2) is 180 Å². The van der Waals surface area contributed by atoms with Gasteiger partial charge in [-0.15, -0.1) is 0 Å². The highest BCUT2D eigenvalue weighted by Crippen LogP contribution is 2.54. The largest absolute Gasteiger partial charge is 0.447 e. The zero-order valence-electron chi connectivity index (χ0n) is 56.7. The number of carbonyl (C=O) groups is 4. The number of methoxy groups -OCH3 is 2. The van der Waals surface area contributed by atoms with Crippen LogP contribution in [0.1, 0.15) is 171 Å². The van der Waals surface area contributed by atoms with Gasteiger partial charge in [0.05, 0.1) is 24.6 Å². The highest BCUT2D eigenvalue weighted by atomic mass is 19.1. The summed E-state index contributed by atoms with van der Waals surface area (Å²) >= 11 is 0. The topological polar surface area (TPSA) is 137 Å². The fraction of sp³-hybridized carbons (Fsp3) is 0.707.